The number of hydrogen-bond donors (Lipinski definition) is 3. The Hall–Kier alpha value is -2.12. The second-order valence-electron chi connectivity index (χ2n) is 7.47. The first-order valence-corrected chi connectivity index (χ1v) is 10.4. The minimum Gasteiger partial charge on any atom is -0.450 e. The van der Waals surface area contributed by atoms with E-state index in [4.69, 9.17) is 21.4 Å². The van der Waals surface area contributed by atoms with Gasteiger partial charge in [0.05, 0.1) is 6.61 Å². The van der Waals surface area contributed by atoms with Gasteiger partial charge in [0.15, 0.2) is 10.9 Å². The van der Waals surface area contributed by atoms with Crippen molar-refractivity contribution < 1.29 is 13.9 Å². The summed E-state index contributed by atoms with van der Waals surface area (Å²) < 4.78 is 11.3. The highest BCUT2D eigenvalue weighted by molar-refractivity contribution is 7.80. The number of hydrogen-bond acceptors (Lipinski definition) is 4. The number of nitrogens with one attached hydrogen (secondary N) is 3. The highest BCUT2D eigenvalue weighted by Crippen LogP contribution is 2.29. The second kappa shape index (κ2) is 9.39. The summed E-state index contributed by atoms with van der Waals surface area (Å²) in [7, 11) is 0. The van der Waals surface area contributed by atoms with Crippen molar-refractivity contribution >= 4 is 34.2 Å². The van der Waals surface area contributed by atoms with Gasteiger partial charge in [0.2, 0.25) is 0 Å². The maximum atomic E-state index is 12.7. The molecule has 0 unspecified atom stereocenters. The number of benzene rings is 1. The standard InChI is InChI=1S/C21H29N3O3S/c1-4-26-12-16-15-9-5-6-11-18(15)27-19(16)20(25)23-24-21(28)22-17-10-7-8-13(2)14(17)3/h5-6,9,11,13-14,17H,4,7-8,10,12H2,1-3H3,(H,23,25)(H2,22,24,28)/t13-,14+,17+/m1/s1. The Bertz CT molecular complexity index is 835. The van der Waals surface area contributed by atoms with Crippen LogP contribution in [-0.4, -0.2) is 23.7 Å². The maximum Gasteiger partial charge on any atom is 0.305 e. The van der Waals surface area contributed by atoms with Crippen LogP contribution in [0.3, 0.4) is 0 Å². The summed E-state index contributed by atoms with van der Waals surface area (Å²) in [6.45, 7) is 7.32. The van der Waals surface area contributed by atoms with Gasteiger partial charge in [-0.3, -0.25) is 15.6 Å². The molecule has 0 radical (unpaired) electrons. The number of fused-ring (bicyclic) bond motifs is 1. The van der Waals surface area contributed by atoms with Crippen LogP contribution in [0.4, 0.5) is 0 Å². The average Bonchev–Trinajstić information content (AvgIpc) is 3.06. The quantitative estimate of drug-likeness (QED) is 0.519. The number of carbonyl (C=O) groups is 1. The molecular formula is C21H29N3O3S. The van der Waals surface area contributed by atoms with Crippen LogP contribution in [0.2, 0.25) is 0 Å². The van der Waals surface area contributed by atoms with E-state index in [0.717, 1.165) is 17.4 Å². The Morgan fingerprint density at radius 1 is 1.25 bits per heavy atom. The fourth-order valence-electron chi connectivity index (χ4n) is 3.79. The molecule has 1 aromatic carbocycles. The van der Waals surface area contributed by atoms with E-state index < -0.39 is 0 Å². The molecule has 2 aromatic rings. The number of para-hydroxylation sites is 1. The molecule has 1 amide bonds. The minimum absolute atomic E-state index is 0.240. The van der Waals surface area contributed by atoms with E-state index in [2.05, 4.69) is 30.0 Å². The Kier molecular flexibility index (Phi) is 6.91. The third-order valence-electron chi connectivity index (χ3n) is 5.67. The summed E-state index contributed by atoms with van der Waals surface area (Å²) in [6, 6.07) is 7.88. The first-order valence-electron chi connectivity index (χ1n) is 9.96. The summed E-state index contributed by atoms with van der Waals surface area (Å²) in [6.07, 6.45) is 3.53. The second-order valence-corrected chi connectivity index (χ2v) is 7.88. The molecule has 152 valence electrons. The van der Waals surface area contributed by atoms with E-state index in [1.165, 1.54) is 12.8 Å². The molecule has 7 heteroatoms. The van der Waals surface area contributed by atoms with Gasteiger partial charge < -0.3 is 14.5 Å². The predicted octanol–water partition coefficient (Wildman–Crippen LogP) is 3.90. The van der Waals surface area contributed by atoms with Crippen molar-refractivity contribution in [3.63, 3.8) is 0 Å². The van der Waals surface area contributed by atoms with E-state index in [1.54, 1.807) is 0 Å². The largest absolute Gasteiger partial charge is 0.450 e. The lowest BCUT2D eigenvalue weighted by Crippen LogP contribution is -2.52. The molecule has 0 saturated heterocycles. The van der Waals surface area contributed by atoms with Gasteiger partial charge in [-0.15, -0.1) is 0 Å². The molecule has 3 N–H and O–H groups in total. The van der Waals surface area contributed by atoms with Crippen molar-refractivity contribution in [2.24, 2.45) is 11.8 Å². The third-order valence-corrected chi connectivity index (χ3v) is 5.89. The molecule has 0 spiro atoms. The van der Waals surface area contributed by atoms with Crippen molar-refractivity contribution in [2.75, 3.05) is 6.61 Å². The van der Waals surface area contributed by atoms with Gasteiger partial charge in [0, 0.05) is 23.6 Å². The van der Waals surface area contributed by atoms with Gasteiger partial charge in [-0.25, -0.2) is 0 Å². The highest BCUT2D eigenvalue weighted by Gasteiger charge is 2.27. The molecule has 1 saturated carbocycles. The predicted molar refractivity (Wildman–Crippen MR) is 114 cm³/mol. The zero-order valence-electron chi connectivity index (χ0n) is 16.7. The van der Waals surface area contributed by atoms with Gasteiger partial charge in [0.1, 0.15) is 5.58 Å². The normalized spacial score (nSPS) is 22.0. The van der Waals surface area contributed by atoms with Crippen molar-refractivity contribution in [3.05, 3.63) is 35.6 Å². The molecule has 0 bridgehead atoms. The van der Waals surface area contributed by atoms with Crippen LogP contribution in [0.5, 0.6) is 0 Å². The summed E-state index contributed by atoms with van der Waals surface area (Å²) in [4.78, 5) is 12.7. The lowest BCUT2D eigenvalue weighted by atomic mass is 9.78. The Morgan fingerprint density at radius 3 is 2.82 bits per heavy atom. The topological polar surface area (TPSA) is 75.5 Å². The van der Waals surface area contributed by atoms with Crippen molar-refractivity contribution in [3.8, 4) is 0 Å². The highest BCUT2D eigenvalue weighted by atomic mass is 32.1. The first kappa shape index (κ1) is 20.6. The van der Waals surface area contributed by atoms with E-state index in [-0.39, 0.29) is 11.7 Å². The van der Waals surface area contributed by atoms with Crippen LogP contribution in [0.15, 0.2) is 28.7 Å². The maximum absolute atomic E-state index is 12.7. The Labute approximate surface area is 171 Å². The first-order chi connectivity index (χ1) is 13.5. The van der Waals surface area contributed by atoms with Gasteiger partial charge in [-0.1, -0.05) is 44.9 Å². The molecule has 1 aliphatic carbocycles. The molecule has 1 aliphatic rings. The Balaban J connectivity index is 1.63. The Morgan fingerprint density at radius 2 is 2.04 bits per heavy atom. The van der Waals surface area contributed by atoms with Gasteiger partial charge >= 0.3 is 5.91 Å². The molecule has 1 fully saturated rings. The van der Waals surface area contributed by atoms with Crippen molar-refractivity contribution in [1.29, 1.82) is 0 Å². The number of hydrazine groups is 1. The summed E-state index contributed by atoms with van der Waals surface area (Å²) in [5.41, 5.74) is 6.86. The molecule has 28 heavy (non-hydrogen) atoms. The smallest absolute Gasteiger partial charge is 0.305 e. The minimum atomic E-state index is -0.375. The fourth-order valence-corrected chi connectivity index (χ4v) is 3.99. The average molecular weight is 404 g/mol. The third kappa shape index (κ3) is 4.64. The van der Waals surface area contributed by atoms with Crippen LogP contribution < -0.4 is 16.2 Å². The lowest BCUT2D eigenvalue weighted by Gasteiger charge is -2.35. The molecule has 3 rings (SSSR count). The van der Waals surface area contributed by atoms with Gasteiger partial charge in [0.25, 0.3) is 0 Å². The number of furan rings is 1. The molecule has 1 aromatic heterocycles. The van der Waals surface area contributed by atoms with Crippen molar-refractivity contribution in [2.45, 2.75) is 52.7 Å². The van der Waals surface area contributed by atoms with Crippen LogP contribution in [0, 0.1) is 11.8 Å². The SMILES string of the molecule is CCOCc1c(C(=O)NNC(=S)N[C@H]2CCC[C@@H](C)[C@@H]2C)oc2ccccc12. The fraction of sp³-hybridized carbons (Fsp3) is 0.524. The van der Waals surface area contributed by atoms with E-state index in [0.29, 0.717) is 41.8 Å². The summed E-state index contributed by atoms with van der Waals surface area (Å²) in [5.74, 6) is 1.07. The molecular weight excluding hydrogens is 374 g/mol. The van der Waals surface area contributed by atoms with Crippen LogP contribution in [0.1, 0.15) is 56.2 Å². The number of rotatable bonds is 5. The number of thiocarbonyl (C=S) groups is 1. The van der Waals surface area contributed by atoms with Crippen LogP contribution >= 0.6 is 12.2 Å². The molecule has 1 heterocycles. The zero-order valence-corrected chi connectivity index (χ0v) is 17.5. The molecule has 0 aliphatic heterocycles. The van der Waals surface area contributed by atoms with Crippen LogP contribution in [0.25, 0.3) is 11.0 Å². The van der Waals surface area contributed by atoms with E-state index >= 15 is 0 Å². The summed E-state index contributed by atoms with van der Waals surface area (Å²) in [5, 5.41) is 4.63. The number of carbonyl (C=O) groups excluding carboxylic acids is 1. The van der Waals surface area contributed by atoms with Gasteiger partial charge in [-0.05, 0) is 43.5 Å². The monoisotopic (exact) mass is 403 g/mol. The zero-order chi connectivity index (χ0) is 20.1. The van der Waals surface area contributed by atoms with Gasteiger partial charge in [-0.2, -0.15) is 0 Å². The molecule has 3 atom stereocenters. The van der Waals surface area contributed by atoms with E-state index in [9.17, 15) is 4.79 Å². The summed E-state index contributed by atoms with van der Waals surface area (Å²) >= 11 is 5.37. The lowest BCUT2D eigenvalue weighted by molar-refractivity contribution is 0.0904. The van der Waals surface area contributed by atoms with E-state index in [1.807, 2.05) is 31.2 Å². The molecule has 6 nitrogen and oxygen atoms in total. The van der Waals surface area contributed by atoms with Crippen molar-refractivity contribution in [1.82, 2.24) is 16.2 Å². The number of ether oxygens (including phenoxy) is 1. The number of amides is 1. The van der Waals surface area contributed by atoms with Crippen LogP contribution in [-0.2, 0) is 11.3 Å².